The van der Waals surface area contributed by atoms with E-state index in [-0.39, 0.29) is 12.6 Å². The number of pyridine rings is 1. The molecule has 7 nitrogen and oxygen atoms in total. The van der Waals surface area contributed by atoms with Crippen molar-refractivity contribution in [1.82, 2.24) is 9.88 Å². The van der Waals surface area contributed by atoms with Gasteiger partial charge in [-0.3, -0.25) is 9.88 Å². The summed E-state index contributed by atoms with van der Waals surface area (Å²) in [6.07, 6.45) is 2.84. The largest absolute Gasteiger partial charge is 0.486 e. The van der Waals surface area contributed by atoms with Crippen molar-refractivity contribution in [3.8, 4) is 11.5 Å². The Hall–Kier alpha value is -4.65. The van der Waals surface area contributed by atoms with Crippen LogP contribution in [-0.2, 0) is 19.4 Å². The zero-order valence-corrected chi connectivity index (χ0v) is 21.5. The average molecular weight is 520 g/mol. The Morgan fingerprint density at radius 1 is 0.897 bits per heavy atom. The molecule has 1 unspecified atom stereocenters. The monoisotopic (exact) mass is 519 g/mol. The molecule has 39 heavy (non-hydrogen) atoms. The maximum atomic E-state index is 12.3. The summed E-state index contributed by atoms with van der Waals surface area (Å²) in [5.41, 5.74) is 6.96. The summed E-state index contributed by atoms with van der Waals surface area (Å²) in [6.45, 7) is 1.16. The fourth-order valence-corrected chi connectivity index (χ4v) is 5.28. The topological polar surface area (TPSA) is 84.2 Å². The summed E-state index contributed by atoms with van der Waals surface area (Å²) >= 11 is 0. The average Bonchev–Trinajstić information content (AvgIpc) is 2.99. The van der Waals surface area contributed by atoms with Crippen molar-refractivity contribution >= 4 is 17.5 Å². The highest BCUT2D eigenvalue weighted by Crippen LogP contribution is 2.32. The van der Waals surface area contributed by atoms with Crippen LogP contribution in [-0.4, -0.2) is 46.1 Å². The summed E-state index contributed by atoms with van der Waals surface area (Å²) in [7, 11) is 0. The van der Waals surface area contributed by atoms with Gasteiger partial charge in [0.1, 0.15) is 13.2 Å². The van der Waals surface area contributed by atoms with Crippen LogP contribution in [0.1, 0.15) is 34.4 Å². The van der Waals surface area contributed by atoms with E-state index in [1.165, 1.54) is 10.5 Å². The van der Waals surface area contributed by atoms with Crippen LogP contribution >= 0.6 is 0 Å². The first kappa shape index (κ1) is 24.7. The van der Waals surface area contributed by atoms with Gasteiger partial charge in [-0.25, -0.2) is 9.79 Å². The number of aryl methyl sites for hydroxylation is 1. The predicted molar refractivity (Wildman–Crippen MR) is 149 cm³/mol. The minimum Gasteiger partial charge on any atom is -0.486 e. The summed E-state index contributed by atoms with van der Waals surface area (Å²) in [5, 5.41) is 10.1. The molecule has 3 aromatic carbocycles. The molecule has 2 aliphatic rings. The van der Waals surface area contributed by atoms with E-state index in [9.17, 15) is 9.90 Å². The maximum absolute atomic E-state index is 12.3. The van der Waals surface area contributed by atoms with E-state index >= 15 is 0 Å². The van der Waals surface area contributed by atoms with Crippen LogP contribution in [0, 0.1) is 0 Å². The van der Waals surface area contributed by atoms with E-state index in [4.69, 9.17) is 14.5 Å². The molecule has 0 fully saturated rings. The van der Waals surface area contributed by atoms with E-state index in [0.29, 0.717) is 36.8 Å². The molecule has 1 atom stereocenters. The number of benzene rings is 3. The van der Waals surface area contributed by atoms with Gasteiger partial charge < -0.3 is 14.6 Å². The molecule has 0 spiro atoms. The molecule has 1 aromatic heterocycles. The van der Waals surface area contributed by atoms with Crippen molar-refractivity contribution in [2.45, 2.75) is 31.8 Å². The molecule has 1 aliphatic carbocycles. The van der Waals surface area contributed by atoms with E-state index in [1.54, 1.807) is 12.3 Å². The van der Waals surface area contributed by atoms with Gasteiger partial charge in [0.15, 0.2) is 11.5 Å². The second-order valence-corrected chi connectivity index (χ2v) is 9.77. The third-order valence-electron chi connectivity index (χ3n) is 7.23. The van der Waals surface area contributed by atoms with Gasteiger partial charge in [-0.2, -0.15) is 0 Å². The zero-order valence-electron chi connectivity index (χ0n) is 21.5. The van der Waals surface area contributed by atoms with E-state index in [0.717, 1.165) is 40.9 Å². The number of fused-ring (bicyclic) bond motifs is 2. The van der Waals surface area contributed by atoms with Crippen molar-refractivity contribution in [1.29, 1.82) is 0 Å². The van der Waals surface area contributed by atoms with E-state index in [1.807, 2.05) is 42.5 Å². The highest BCUT2D eigenvalue weighted by molar-refractivity contribution is 6.13. The first-order valence-corrected chi connectivity index (χ1v) is 13.2. The number of aliphatic imine (C=N–C) groups is 1. The number of ether oxygens (including phenoxy) is 2. The number of rotatable bonds is 6. The van der Waals surface area contributed by atoms with E-state index < -0.39 is 6.09 Å². The molecular formula is C32H29N3O4. The molecular weight excluding hydrogens is 490 g/mol. The first-order chi connectivity index (χ1) is 19.1. The van der Waals surface area contributed by atoms with Crippen molar-refractivity contribution in [2.75, 3.05) is 13.2 Å². The van der Waals surface area contributed by atoms with Gasteiger partial charge in [0.2, 0.25) is 0 Å². The van der Waals surface area contributed by atoms with Crippen LogP contribution in [0.3, 0.4) is 0 Å². The molecule has 0 bridgehead atoms. The van der Waals surface area contributed by atoms with Crippen LogP contribution in [0.2, 0.25) is 0 Å². The number of carboxylic acid groups (broad SMARTS) is 1. The Labute approximate surface area is 227 Å². The SMILES string of the molecule is O=C(O)N(Cc1cc2c(cn1)OCCO2)C1CCc2cc(N=C(c3ccccc3)c3ccccc3)ccc2C1. The number of hydrogen-bond donors (Lipinski definition) is 1. The lowest BCUT2D eigenvalue weighted by molar-refractivity contribution is 0.114. The Morgan fingerprint density at radius 2 is 1.59 bits per heavy atom. The van der Waals surface area contributed by atoms with Gasteiger partial charge >= 0.3 is 6.09 Å². The molecule has 0 radical (unpaired) electrons. The Balaban J connectivity index is 1.23. The van der Waals surface area contributed by atoms with Crippen molar-refractivity contribution in [3.05, 3.63) is 119 Å². The predicted octanol–water partition coefficient (Wildman–Crippen LogP) is 6.06. The smallest absolute Gasteiger partial charge is 0.407 e. The molecule has 1 amide bonds. The summed E-state index contributed by atoms with van der Waals surface area (Å²) < 4.78 is 11.2. The van der Waals surface area contributed by atoms with Crippen LogP contribution in [0.5, 0.6) is 11.5 Å². The highest BCUT2D eigenvalue weighted by Gasteiger charge is 2.29. The third kappa shape index (κ3) is 5.48. The fraction of sp³-hybridized carbons (Fsp3) is 0.219. The van der Waals surface area contributed by atoms with Crippen molar-refractivity contribution in [2.24, 2.45) is 4.99 Å². The van der Waals surface area contributed by atoms with E-state index in [2.05, 4.69) is 41.4 Å². The molecule has 6 rings (SSSR count). The Morgan fingerprint density at radius 3 is 2.28 bits per heavy atom. The highest BCUT2D eigenvalue weighted by atomic mass is 16.6. The first-order valence-electron chi connectivity index (χ1n) is 13.2. The number of aromatic nitrogens is 1. The number of nitrogens with zero attached hydrogens (tertiary/aromatic N) is 3. The van der Waals surface area contributed by atoms with Crippen LogP contribution in [0.25, 0.3) is 0 Å². The lowest BCUT2D eigenvalue weighted by atomic mass is 9.87. The summed E-state index contributed by atoms with van der Waals surface area (Å²) in [4.78, 5) is 23.2. The Bertz CT molecular complexity index is 1460. The molecule has 0 saturated heterocycles. The molecule has 0 saturated carbocycles. The second-order valence-electron chi connectivity index (χ2n) is 9.77. The fourth-order valence-electron chi connectivity index (χ4n) is 5.28. The minimum absolute atomic E-state index is 0.136. The normalized spacial score (nSPS) is 15.6. The lowest BCUT2D eigenvalue weighted by Gasteiger charge is -2.33. The molecule has 1 N–H and O–H groups in total. The summed E-state index contributed by atoms with van der Waals surface area (Å²) in [5.74, 6) is 1.21. The van der Waals surface area contributed by atoms with Gasteiger partial charge in [-0.1, -0.05) is 66.7 Å². The molecule has 1 aliphatic heterocycles. The van der Waals surface area contributed by atoms with Crippen LogP contribution in [0.15, 0.2) is 96.1 Å². The standard InChI is InChI=1S/C32H29N3O4/c36-32(37)35(21-27-19-29-30(20-33-27)39-16-15-38-29)28-14-12-24-17-26(13-11-25(24)18-28)34-31(22-7-3-1-4-8-22)23-9-5-2-6-10-23/h1-11,13,17,19-20,28H,12,14-16,18,21H2,(H,36,37). The van der Waals surface area contributed by atoms with Gasteiger partial charge in [0.25, 0.3) is 0 Å². The van der Waals surface area contributed by atoms with Crippen LogP contribution < -0.4 is 9.47 Å². The van der Waals surface area contributed by atoms with Crippen molar-refractivity contribution in [3.63, 3.8) is 0 Å². The van der Waals surface area contributed by atoms with Gasteiger partial charge in [0.05, 0.1) is 29.8 Å². The third-order valence-corrected chi connectivity index (χ3v) is 7.23. The second kappa shape index (κ2) is 11.0. The Kier molecular flexibility index (Phi) is 6.95. The minimum atomic E-state index is -0.947. The molecule has 196 valence electrons. The van der Waals surface area contributed by atoms with Gasteiger partial charge in [0, 0.05) is 23.2 Å². The molecule has 2 heterocycles. The quantitative estimate of drug-likeness (QED) is 0.313. The summed E-state index contributed by atoms with van der Waals surface area (Å²) in [6, 6.07) is 28.3. The zero-order chi connectivity index (χ0) is 26.6. The van der Waals surface area contributed by atoms with Crippen LogP contribution in [0.4, 0.5) is 10.5 Å². The number of carbonyl (C=O) groups is 1. The van der Waals surface area contributed by atoms with Gasteiger partial charge in [-0.05, 0) is 42.5 Å². The number of amides is 1. The lowest BCUT2D eigenvalue weighted by Crippen LogP contribution is -2.42. The molecule has 7 heteroatoms. The van der Waals surface area contributed by atoms with Gasteiger partial charge in [-0.15, -0.1) is 0 Å². The maximum Gasteiger partial charge on any atom is 0.407 e. The number of hydrogen-bond acceptors (Lipinski definition) is 5. The molecule has 4 aromatic rings. The van der Waals surface area contributed by atoms with Crippen molar-refractivity contribution < 1.29 is 19.4 Å².